The molecule has 4 rings (SSSR count). The third-order valence-corrected chi connectivity index (χ3v) is 7.69. The van der Waals surface area contributed by atoms with Crippen molar-refractivity contribution in [3.05, 3.63) is 50.5 Å². The van der Waals surface area contributed by atoms with Gasteiger partial charge in [-0.25, -0.2) is 9.79 Å². The quantitative estimate of drug-likeness (QED) is 0.251. The number of methoxy groups -OCH3 is 1. The first-order valence-electron chi connectivity index (χ1n) is 10.9. The summed E-state index contributed by atoms with van der Waals surface area (Å²) in [5.74, 6) is -1.67. The van der Waals surface area contributed by atoms with E-state index in [-0.39, 0.29) is 41.1 Å². The van der Waals surface area contributed by atoms with Crippen molar-refractivity contribution in [3.63, 3.8) is 0 Å². The maximum absolute atomic E-state index is 13.2. The van der Waals surface area contributed by atoms with Crippen molar-refractivity contribution < 1.29 is 29.1 Å². The third kappa shape index (κ3) is 4.34. The highest BCUT2D eigenvalue weighted by Crippen LogP contribution is 2.51. The van der Waals surface area contributed by atoms with E-state index >= 15 is 0 Å². The van der Waals surface area contributed by atoms with Crippen molar-refractivity contribution in [1.82, 2.24) is 10.2 Å². The van der Waals surface area contributed by atoms with Gasteiger partial charge in [0.05, 0.1) is 36.6 Å². The van der Waals surface area contributed by atoms with Crippen molar-refractivity contribution in [3.8, 4) is 0 Å². The topological polar surface area (TPSA) is 144 Å². The summed E-state index contributed by atoms with van der Waals surface area (Å²) in [6, 6.07) is 5.87. The number of aliphatic imine (C=N–C) groups is 1. The van der Waals surface area contributed by atoms with Gasteiger partial charge in [-0.05, 0) is 24.6 Å². The summed E-state index contributed by atoms with van der Waals surface area (Å²) in [5, 5.41) is 24.1. The van der Waals surface area contributed by atoms with Gasteiger partial charge in [-0.1, -0.05) is 6.92 Å². The fraction of sp³-hybridized carbons (Fsp3) is 0.500. The molecule has 3 heterocycles. The molecule has 1 amide bonds. The number of esters is 1. The van der Waals surface area contributed by atoms with E-state index in [0.29, 0.717) is 24.7 Å². The number of nitro groups is 1. The van der Waals surface area contributed by atoms with E-state index in [0.717, 1.165) is 4.91 Å². The predicted molar refractivity (Wildman–Crippen MR) is 124 cm³/mol. The minimum atomic E-state index is -0.830. The summed E-state index contributed by atoms with van der Waals surface area (Å²) < 4.78 is 10.6. The minimum absolute atomic E-state index is 0.0209. The number of β-lactam (4-membered cyclic amide) rings is 1. The number of hydrogen-bond acceptors (Lipinski definition) is 10. The first-order chi connectivity index (χ1) is 16.2. The Morgan fingerprint density at radius 1 is 1.41 bits per heavy atom. The second-order valence-corrected chi connectivity index (χ2v) is 9.78. The van der Waals surface area contributed by atoms with E-state index in [2.05, 4.69) is 10.3 Å². The van der Waals surface area contributed by atoms with E-state index in [4.69, 9.17) is 9.47 Å². The Balaban J connectivity index is 1.54. The maximum Gasteiger partial charge on any atom is 0.356 e. The van der Waals surface area contributed by atoms with Crippen LogP contribution in [0.4, 0.5) is 5.69 Å². The lowest BCUT2D eigenvalue weighted by Crippen LogP contribution is -2.63. The lowest BCUT2D eigenvalue weighted by Gasteiger charge is -2.46. The lowest BCUT2D eigenvalue weighted by molar-refractivity contribution is -0.384. The largest absolute Gasteiger partial charge is 0.469 e. The van der Waals surface area contributed by atoms with E-state index in [1.54, 1.807) is 6.92 Å². The van der Waals surface area contributed by atoms with Crippen molar-refractivity contribution in [1.29, 1.82) is 0 Å². The molecule has 1 fully saturated rings. The smallest absolute Gasteiger partial charge is 0.356 e. The first-order valence-corrected chi connectivity index (χ1v) is 11.8. The first kappa shape index (κ1) is 24.0. The summed E-state index contributed by atoms with van der Waals surface area (Å²) >= 11 is 1.48. The van der Waals surface area contributed by atoms with Gasteiger partial charge in [-0.2, -0.15) is 0 Å². The highest BCUT2D eigenvalue weighted by Gasteiger charge is 2.60. The molecule has 1 aromatic carbocycles. The Labute approximate surface area is 200 Å². The van der Waals surface area contributed by atoms with E-state index in [1.165, 1.54) is 48.0 Å². The van der Waals surface area contributed by atoms with Gasteiger partial charge < -0.3 is 24.8 Å². The van der Waals surface area contributed by atoms with Crippen LogP contribution in [0.2, 0.25) is 0 Å². The number of fused-ring (bicyclic) bond motifs is 1. The average molecular weight is 491 g/mol. The average Bonchev–Trinajstić information content (AvgIpc) is 3.06. The van der Waals surface area contributed by atoms with Gasteiger partial charge in [-0.3, -0.25) is 14.9 Å². The number of nitro benzene ring substituents is 1. The molecule has 0 aliphatic carbocycles. The zero-order chi connectivity index (χ0) is 24.6. The molecule has 3 aliphatic rings. The molecule has 0 aromatic heterocycles. The fourth-order valence-corrected chi connectivity index (χ4v) is 5.82. The van der Waals surface area contributed by atoms with Gasteiger partial charge in [0.1, 0.15) is 12.3 Å². The predicted octanol–water partition coefficient (Wildman–Crippen LogP) is 1.41. The number of rotatable bonds is 7. The zero-order valence-electron chi connectivity index (χ0n) is 19.0. The second-order valence-electron chi connectivity index (χ2n) is 8.44. The van der Waals surface area contributed by atoms with Gasteiger partial charge in [0.2, 0.25) is 5.91 Å². The Kier molecular flexibility index (Phi) is 6.80. The molecule has 1 saturated heterocycles. The standard InChI is InChI=1S/C22H26N4O7S/c1-11-17-16(12(2)27)20(28)25(17)18(19(11)34-15-8-23-22(32-3)24-9-15)21(29)33-10-13-4-6-14(7-5-13)26(30)31/h4-7,11-12,15-17,27H,8-10H2,1-3H3,(H,23,24)/t11-,12-,16-,17-/m1/s1. The number of carbonyl (C=O) groups excluding carboxylic acids is 2. The number of nitrogens with one attached hydrogen (secondary N) is 1. The molecule has 0 bridgehead atoms. The fourth-order valence-electron chi connectivity index (χ4n) is 4.50. The monoisotopic (exact) mass is 490 g/mol. The number of aliphatic hydroxyl groups excluding tert-OH is 1. The number of thioether (sulfide) groups is 1. The van der Waals surface area contributed by atoms with Crippen LogP contribution in [0.1, 0.15) is 19.4 Å². The summed E-state index contributed by atoms with van der Waals surface area (Å²) in [4.78, 5) is 42.9. The van der Waals surface area contributed by atoms with Crippen LogP contribution in [-0.2, 0) is 25.7 Å². The number of non-ortho nitro benzene ring substituents is 1. The van der Waals surface area contributed by atoms with Crippen molar-refractivity contribution in [2.24, 2.45) is 16.8 Å². The van der Waals surface area contributed by atoms with E-state index in [1.807, 2.05) is 6.92 Å². The Morgan fingerprint density at radius 2 is 2.12 bits per heavy atom. The van der Waals surface area contributed by atoms with Gasteiger partial charge in [0, 0.05) is 34.8 Å². The molecule has 0 spiro atoms. The Morgan fingerprint density at radius 3 is 2.68 bits per heavy atom. The number of amidine groups is 1. The summed E-state index contributed by atoms with van der Waals surface area (Å²) in [5.41, 5.74) is 0.735. The molecule has 1 unspecified atom stereocenters. The molecule has 0 radical (unpaired) electrons. The maximum atomic E-state index is 13.2. The molecule has 0 saturated carbocycles. The number of ether oxygens (including phenoxy) is 2. The summed E-state index contributed by atoms with van der Waals surface area (Å²) in [6.07, 6.45) is -0.830. The molecule has 3 aliphatic heterocycles. The number of carbonyl (C=O) groups is 2. The van der Waals surface area contributed by atoms with Crippen LogP contribution in [0.3, 0.4) is 0 Å². The molecule has 1 aromatic rings. The molecular formula is C22H26N4O7S. The Hall–Kier alpha value is -3.12. The van der Waals surface area contributed by atoms with Crippen molar-refractivity contribution in [2.75, 3.05) is 20.2 Å². The summed E-state index contributed by atoms with van der Waals surface area (Å²) in [7, 11) is 1.53. The number of benzene rings is 1. The number of nitrogens with zero attached hydrogens (tertiary/aromatic N) is 3. The molecule has 12 heteroatoms. The van der Waals surface area contributed by atoms with Gasteiger partial charge in [0.25, 0.3) is 11.7 Å². The normalized spacial score (nSPS) is 26.8. The van der Waals surface area contributed by atoms with Crippen LogP contribution in [0.25, 0.3) is 0 Å². The van der Waals surface area contributed by atoms with Crippen molar-refractivity contribution >= 4 is 35.3 Å². The van der Waals surface area contributed by atoms with Crippen LogP contribution in [0, 0.1) is 22.0 Å². The minimum Gasteiger partial charge on any atom is -0.469 e. The highest BCUT2D eigenvalue weighted by atomic mass is 32.2. The number of hydrogen-bond donors (Lipinski definition) is 2. The summed E-state index contributed by atoms with van der Waals surface area (Å²) in [6.45, 7) is 4.50. The molecule has 11 nitrogen and oxygen atoms in total. The SMILES string of the molecule is COC1=NCC(SC2=C(C(=O)OCc3ccc([N+](=O)[O-])cc3)N3C(=O)[C@H]([C@@H](C)O)[C@H]3[C@H]2C)CN1. The number of aliphatic hydroxyl groups is 1. The molecule has 34 heavy (non-hydrogen) atoms. The molecular weight excluding hydrogens is 464 g/mol. The molecule has 5 atom stereocenters. The van der Waals surface area contributed by atoms with E-state index in [9.17, 15) is 24.8 Å². The molecule has 182 valence electrons. The van der Waals surface area contributed by atoms with Crippen molar-refractivity contribution in [2.45, 2.75) is 37.9 Å². The Bertz CT molecular complexity index is 1060. The van der Waals surface area contributed by atoms with Gasteiger partial charge in [0.15, 0.2) is 0 Å². The second kappa shape index (κ2) is 9.63. The van der Waals surface area contributed by atoms with Gasteiger partial charge >= 0.3 is 5.97 Å². The van der Waals surface area contributed by atoms with Crippen LogP contribution in [-0.4, -0.2) is 70.4 Å². The van der Waals surface area contributed by atoms with E-state index < -0.39 is 22.9 Å². The lowest BCUT2D eigenvalue weighted by atomic mass is 9.79. The number of amides is 1. The van der Waals surface area contributed by atoms with Crippen LogP contribution in [0.5, 0.6) is 0 Å². The van der Waals surface area contributed by atoms with Crippen LogP contribution >= 0.6 is 11.8 Å². The van der Waals surface area contributed by atoms with Gasteiger partial charge in [-0.15, -0.1) is 11.8 Å². The molecule has 2 N–H and O–H groups in total. The highest BCUT2D eigenvalue weighted by molar-refractivity contribution is 8.03. The van der Waals surface area contributed by atoms with Crippen LogP contribution < -0.4 is 5.32 Å². The zero-order valence-corrected chi connectivity index (χ0v) is 19.8. The van der Waals surface area contributed by atoms with Crippen LogP contribution in [0.15, 0.2) is 39.9 Å². The third-order valence-electron chi connectivity index (χ3n) is 6.23.